The summed E-state index contributed by atoms with van der Waals surface area (Å²) in [7, 11) is 0. The molecule has 0 bridgehead atoms. The minimum Gasteiger partial charge on any atom is -0.152 e. The predicted molar refractivity (Wildman–Crippen MR) is 46.1 cm³/mol. The smallest absolute Gasteiger partial charge is 0.00892 e. The highest BCUT2D eigenvalue weighted by Gasteiger charge is 1.90. The van der Waals surface area contributed by atoms with Crippen LogP contribution in [0.2, 0.25) is 0 Å². The van der Waals surface area contributed by atoms with Crippen molar-refractivity contribution in [3.05, 3.63) is 22.4 Å². The van der Waals surface area contributed by atoms with Gasteiger partial charge in [-0.2, -0.15) is 11.3 Å². The first-order chi connectivity index (χ1) is 4.93. The average molecular weight is 150 g/mol. The number of unbranched alkanes of at least 4 members (excludes halogenated alkanes) is 1. The Balaban J connectivity index is 2.23. The normalized spacial score (nSPS) is 9.10. The molecule has 52 valence electrons. The van der Waals surface area contributed by atoms with Crippen LogP contribution in [0.5, 0.6) is 0 Å². The third-order valence-corrected chi connectivity index (χ3v) is 2.10. The van der Waals surface area contributed by atoms with Crippen molar-refractivity contribution in [2.45, 2.75) is 19.3 Å². The van der Waals surface area contributed by atoms with Crippen LogP contribution in [-0.4, -0.2) is 0 Å². The van der Waals surface area contributed by atoms with Crippen LogP contribution in [0, 0.1) is 12.3 Å². The van der Waals surface area contributed by atoms with E-state index in [1.54, 1.807) is 11.3 Å². The Morgan fingerprint density at radius 3 is 3.10 bits per heavy atom. The van der Waals surface area contributed by atoms with Gasteiger partial charge in [-0.25, -0.2) is 0 Å². The van der Waals surface area contributed by atoms with Gasteiger partial charge in [-0.1, -0.05) is 0 Å². The molecule has 0 aliphatic rings. The molecule has 1 heteroatoms. The van der Waals surface area contributed by atoms with Crippen molar-refractivity contribution in [3.63, 3.8) is 0 Å². The van der Waals surface area contributed by atoms with E-state index in [1.165, 1.54) is 5.56 Å². The second-order valence-corrected chi connectivity index (χ2v) is 2.97. The monoisotopic (exact) mass is 150 g/mol. The van der Waals surface area contributed by atoms with Crippen molar-refractivity contribution in [2.24, 2.45) is 0 Å². The lowest BCUT2D eigenvalue weighted by Gasteiger charge is -1.90. The van der Waals surface area contributed by atoms with Crippen LogP contribution in [0.15, 0.2) is 16.8 Å². The summed E-state index contributed by atoms with van der Waals surface area (Å²) >= 11 is 1.75. The summed E-state index contributed by atoms with van der Waals surface area (Å²) in [5.41, 5.74) is 1.42. The summed E-state index contributed by atoms with van der Waals surface area (Å²) < 4.78 is 0. The lowest BCUT2D eigenvalue weighted by Crippen LogP contribution is -1.78. The molecule has 1 aromatic heterocycles. The highest BCUT2D eigenvalue weighted by Crippen LogP contribution is 2.08. The van der Waals surface area contributed by atoms with E-state index in [4.69, 9.17) is 6.42 Å². The topological polar surface area (TPSA) is 0 Å². The molecule has 0 aliphatic carbocycles. The molecule has 0 N–H and O–H groups in total. The van der Waals surface area contributed by atoms with E-state index in [9.17, 15) is 0 Å². The molecule has 0 saturated carbocycles. The van der Waals surface area contributed by atoms with Gasteiger partial charge in [0.25, 0.3) is 0 Å². The van der Waals surface area contributed by atoms with Gasteiger partial charge >= 0.3 is 0 Å². The zero-order chi connectivity index (χ0) is 7.23. The average Bonchev–Trinajstić information content (AvgIpc) is 2.41. The van der Waals surface area contributed by atoms with Gasteiger partial charge < -0.3 is 0 Å². The molecular formula is C9H10S. The Bertz CT molecular complexity index is 203. The van der Waals surface area contributed by atoms with E-state index in [2.05, 4.69) is 22.7 Å². The number of thiophene rings is 1. The number of aryl methyl sites for hydroxylation is 1. The predicted octanol–water partition coefficient (Wildman–Crippen LogP) is 2.70. The lowest BCUT2D eigenvalue weighted by atomic mass is 10.1. The second-order valence-electron chi connectivity index (χ2n) is 2.19. The Kier molecular flexibility index (Phi) is 3.05. The molecule has 0 fully saturated rings. The number of rotatable bonds is 3. The summed E-state index contributed by atoms with van der Waals surface area (Å²) in [5.74, 6) is 2.63. The zero-order valence-electron chi connectivity index (χ0n) is 5.84. The third-order valence-electron chi connectivity index (χ3n) is 1.37. The Morgan fingerprint density at radius 1 is 1.60 bits per heavy atom. The molecule has 0 radical (unpaired) electrons. The zero-order valence-corrected chi connectivity index (χ0v) is 6.66. The Hall–Kier alpha value is -0.740. The van der Waals surface area contributed by atoms with E-state index < -0.39 is 0 Å². The standard InChI is InChI=1S/C9H10S/c1-2-3-4-5-9-6-7-10-8-9/h1,6-8H,3-5H2. The molecule has 0 spiro atoms. The van der Waals surface area contributed by atoms with Gasteiger partial charge in [-0.3, -0.25) is 0 Å². The van der Waals surface area contributed by atoms with E-state index in [-0.39, 0.29) is 0 Å². The van der Waals surface area contributed by atoms with Gasteiger partial charge in [-0.15, -0.1) is 12.3 Å². The highest BCUT2D eigenvalue weighted by molar-refractivity contribution is 7.07. The van der Waals surface area contributed by atoms with Crippen molar-refractivity contribution < 1.29 is 0 Å². The molecule has 0 nitrogen and oxygen atoms in total. The van der Waals surface area contributed by atoms with Gasteiger partial charge in [0.05, 0.1) is 0 Å². The molecule has 0 atom stereocenters. The van der Waals surface area contributed by atoms with Crippen LogP contribution in [-0.2, 0) is 6.42 Å². The van der Waals surface area contributed by atoms with Crippen LogP contribution in [0.1, 0.15) is 18.4 Å². The molecule has 1 aromatic rings. The fraction of sp³-hybridized carbons (Fsp3) is 0.333. The van der Waals surface area contributed by atoms with Crippen molar-refractivity contribution in [2.75, 3.05) is 0 Å². The van der Waals surface area contributed by atoms with Gasteiger partial charge in [-0.05, 0) is 35.2 Å². The van der Waals surface area contributed by atoms with Crippen LogP contribution >= 0.6 is 11.3 Å². The summed E-state index contributed by atoms with van der Waals surface area (Å²) in [6.45, 7) is 0. The molecule has 0 saturated heterocycles. The quantitative estimate of drug-likeness (QED) is 0.459. The minimum absolute atomic E-state index is 0.899. The van der Waals surface area contributed by atoms with Gasteiger partial charge in [0.2, 0.25) is 0 Å². The van der Waals surface area contributed by atoms with Crippen LogP contribution in [0.4, 0.5) is 0 Å². The molecule has 0 amide bonds. The minimum atomic E-state index is 0.899. The van der Waals surface area contributed by atoms with E-state index in [1.807, 2.05) is 0 Å². The maximum Gasteiger partial charge on any atom is 0.00892 e. The maximum absolute atomic E-state index is 5.12. The highest BCUT2D eigenvalue weighted by atomic mass is 32.1. The first kappa shape index (κ1) is 7.37. The Morgan fingerprint density at radius 2 is 2.50 bits per heavy atom. The molecule has 0 unspecified atom stereocenters. The molecule has 0 aliphatic heterocycles. The summed E-state index contributed by atoms with van der Waals surface area (Å²) in [6, 6.07) is 2.15. The number of hydrogen-bond donors (Lipinski definition) is 0. The SMILES string of the molecule is C#CCCCc1ccsc1. The van der Waals surface area contributed by atoms with Gasteiger partial charge in [0, 0.05) is 6.42 Å². The molecule has 0 aromatic carbocycles. The maximum atomic E-state index is 5.12. The lowest BCUT2D eigenvalue weighted by molar-refractivity contribution is 0.861. The third kappa shape index (κ3) is 2.24. The van der Waals surface area contributed by atoms with Crippen molar-refractivity contribution in [1.29, 1.82) is 0 Å². The number of terminal acetylenes is 1. The second kappa shape index (κ2) is 4.14. The van der Waals surface area contributed by atoms with Crippen molar-refractivity contribution in [3.8, 4) is 12.3 Å². The number of hydrogen-bond acceptors (Lipinski definition) is 1. The Labute approximate surface area is 65.9 Å². The van der Waals surface area contributed by atoms with E-state index in [0.29, 0.717) is 0 Å². The van der Waals surface area contributed by atoms with Crippen LogP contribution in [0.3, 0.4) is 0 Å². The van der Waals surface area contributed by atoms with Crippen LogP contribution < -0.4 is 0 Å². The van der Waals surface area contributed by atoms with Gasteiger partial charge in [0.1, 0.15) is 0 Å². The van der Waals surface area contributed by atoms with Gasteiger partial charge in [0.15, 0.2) is 0 Å². The van der Waals surface area contributed by atoms with E-state index in [0.717, 1.165) is 19.3 Å². The largest absolute Gasteiger partial charge is 0.152 e. The summed E-state index contributed by atoms with van der Waals surface area (Å²) in [5, 5.41) is 4.28. The molecular weight excluding hydrogens is 140 g/mol. The molecule has 10 heavy (non-hydrogen) atoms. The fourth-order valence-corrected chi connectivity index (χ4v) is 1.53. The first-order valence-electron chi connectivity index (χ1n) is 3.38. The van der Waals surface area contributed by atoms with Crippen LogP contribution in [0.25, 0.3) is 0 Å². The van der Waals surface area contributed by atoms with Crippen molar-refractivity contribution >= 4 is 11.3 Å². The fourth-order valence-electron chi connectivity index (χ4n) is 0.829. The van der Waals surface area contributed by atoms with E-state index >= 15 is 0 Å². The molecule has 1 rings (SSSR count). The summed E-state index contributed by atoms with van der Waals surface area (Å²) in [6.07, 6.45) is 8.27. The summed E-state index contributed by atoms with van der Waals surface area (Å²) in [4.78, 5) is 0. The first-order valence-corrected chi connectivity index (χ1v) is 4.32. The van der Waals surface area contributed by atoms with Crippen molar-refractivity contribution in [1.82, 2.24) is 0 Å². The molecule has 1 heterocycles.